The summed E-state index contributed by atoms with van der Waals surface area (Å²) in [5.41, 5.74) is 1.97. The molecule has 2 heterocycles. The third kappa shape index (κ3) is 2.48. The molecule has 0 aromatic carbocycles. The second-order valence-corrected chi connectivity index (χ2v) is 4.30. The lowest BCUT2D eigenvalue weighted by Crippen LogP contribution is -2.16. The zero-order valence-corrected chi connectivity index (χ0v) is 10.9. The first-order valence-electron chi connectivity index (χ1n) is 5.31. The Morgan fingerprint density at radius 3 is 2.65 bits per heavy atom. The van der Waals surface area contributed by atoms with Gasteiger partial charge in [0.25, 0.3) is 0 Å². The van der Waals surface area contributed by atoms with Crippen molar-refractivity contribution in [3.63, 3.8) is 0 Å². The fraction of sp³-hybridized carbons (Fsp3) is 0.500. The Morgan fingerprint density at radius 2 is 2.12 bits per heavy atom. The minimum atomic E-state index is 0.654. The lowest BCUT2D eigenvalue weighted by atomic mass is 10.2. The molecule has 0 radical (unpaired) electrons. The smallest absolute Gasteiger partial charge is 0.146 e. The van der Waals surface area contributed by atoms with Crippen LogP contribution in [0.4, 0.5) is 0 Å². The van der Waals surface area contributed by atoms with Crippen LogP contribution >= 0.6 is 11.6 Å². The topological polar surface area (TPSA) is 60.6 Å². The number of nitrogens with zero attached hydrogens (tertiary/aromatic N) is 5. The van der Waals surface area contributed by atoms with E-state index < -0.39 is 0 Å². The first kappa shape index (κ1) is 12.1. The number of rotatable bonds is 4. The highest BCUT2D eigenvalue weighted by Gasteiger charge is 2.10. The molecule has 2 aromatic heterocycles. The molecule has 92 valence electrons. The molecule has 0 bridgehead atoms. The number of hydrogen-bond acceptors (Lipinski definition) is 4. The molecule has 2 aromatic rings. The molecule has 0 saturated heterocycles. The molecule has 0 saturated carbocycles. The molecule has 0 aliphatic rings. The van der Waals surface area contributed by atoms with Gasteiger partial charge in [0, 0.05) is 26.2 Å². The van der Waals surface area contributed by atoms with E-state index in [2.05, 4.69) is 20.6 Å². The SMILES string of the molecule is Cc1nn(C)c(Cl)c1CNCc1nncn1C. The quantitative estimate of drug-likeness (QED) is 0.877. The van der Waals surface area contributed by atoms with Crippen LogP contribution < -0.4 is 5.32 Å². The summed E-state index contributed by atoms with van der Waals surface area (Å²) in [6.45, 7) is 3.28. The van der Waals surface area contributed by atoms with Crippen molar-refractivity contribution in [3.05, 3.63) is 28.6 Å². The summed E-state index contributed by atoms with van der Waals surface area (Å²) in [5, 5.41) is 16.0. The van der Waals surface area contributed by atoms with E-state index in [1.807, 2.05) is 25.6 Å². The van der Waals surface area contributed by atoms with Gasteiger partial charge in [-0.1, -0.05) is 11.6 Å². The van der Waals surface area contributed by atoms with Crippen molar-refractivity contribution in [3.8, 4) is 0 Å². The van der Waals surface area contributed by atoms with E-state index >= 15 is 0 Å². The normalized spacial score (nSPS) is 11.1. The van der Waals surface area contributed by atoms with Crippen LogP contribution in [0.15, 0.2) is 6.33 Å². The van der Waals surface area contributed by atoms with Crippen molar-refractivity contribution in [2.75, 3.05) is 0 Å². The lowest BCUT2D eigenvalue weighted by Gasteiger charge is -2.04. The van der Waals surface area contributed by atoms with Gasteiger partial charge in [-0.2, -0.15) is 5.10 Å². The summed E-state index contributed by atoms with van der Waals surface area (Å²) in [4.78, 5) is 0. The van der Waals surface area contributed by atoms with Gasteiger partial charge >= 0.3 is 0 Å². The highest BCUT2D eigenvalue weighted by molar-refractivity contribution is 6.30. The second-order valence-electron chi connectivity index (χ2n) is 3.94. The van der Waals surface area contributed by atoms with Gasteiger partial charge in [0.2, 0.25) is 0 Å². The molecule has 0 spiro atoms. The maximum Gasteiger partial charge on any atom is 0.146 e. The molecule has 0 fully saturated rings. The maximum atomic E-state index is 6.13. The van der Waals surface area contributed by atoms with Gasteiger partial charge in [0.15, 0.2) is 0 Å². The number of halogens is 1. The first-order valence-corrected chi connectivity index (χ1v) is 5.69. The maximum absolute atomic E-state index is 6.13. The van der Waals surface area contributed by atoms with Crippen LogP contribution in [0.2, 0.25) is 5.15 Å². The Morgan fingerprint density at radius 1 is 1.35 bits per heavy atom. The standard InChI is InChI=1S/C10H15ClN6/c1-7-8(10(11)17(3)15-7)4-12-5-9-14-13-6-16(9)2/h6,12H,4-5H2,1-3H3. The van der Waals surface area contributed by atoms with Gasteiger partial charge in [0.05, 0.1) is 12.2 Å². The monoisotopic (exact) mass is 254 g/mol. The molecular weight excluding hydrogens is 240 g/mol. The Labute approximate surface area is 105 Å². The molecule has 17 heavy (non-hydrogen) atoms. The molecular formula is C10H15ClN6. The van der Waals surface area contributed by atoms with Gasteiger partial charge in [-0.3, -0.25) is 4.68 Å². The van der Waals surface area contributed by atoms with Crippen molar-refractivity contribution in [2.24, 2.45) is 14.1 Å². The van der Waals surface area contributed by atoms with Gasteiger partial charge < -0.3 is 9.88 Å². The summed E-state index contributed by atoms with van der Waals surface area (Å²) in [7, 11) is 3.75. The van der Waals surface area contributed by atoms with Crippen molar-refractivity contribution in [1.29, 1.82) is 0 Å². The van der Waals surface area contributed by atoms with Crippen LogP contribution in [-0.4, -0.2) is 24.5 Å². The first-order chi connectivity index (χ1) is 8.09. The minimum absolute atomic E-state index is 0.654. The van der Waals surface area contributed by atoms with E-state index in [-0.39, 0.29) is 0 Å². The summed E-state index contributed by atoms with van der Waals surface area (Å²) < 4.78 is 3.56. The van der Waals surface area contributed by atoms with Crippen LogP contribution in [0.25, 0.3) is 0 Å². The van der Waals surface area contributed by atoms with Crippen LogP contribution in [0, 0.1) is 6.92 Å². The van der Waals surface area contributed by atoms with E-state index in [0.29, 0.717) is 18.2 Å². The van der Waals surface area contributed by atoms with E-state index in [1.165, 1.54) is 0 Å². The third-order valence-electron chi connectivity index (χ3n) is 2.66. The molecule has 7 heteroatoms. The molecule has 6 nitrogen and oxygen atoms in total. The van der Waals surface area contributed by atoms with Gasteiger partial charge in [-0.15, -0.1) is 10.2 Å². The molecule has 0 unspecified atom stereocenters. The lowest BCUT2D eigenvalue weighted by molar-refractivity contribution is 0.635. The molecule has 0 aliphatic heterocycles. The van der Waals surface area contributed by atoms with Gasteiger partial charge in [0.1, 0.15) is 17.3 Å². The van der Waals surface area contributed by atoms with E-state index in [0.717, 1.165) is 17.1 Å². The number of aromatic nitrogens is 5. The number of aryl methyl sites for hydroxylation is 3. The van der Waals surface area contributed by atoms with Crippen molar-refractivity contribution in [2.45, 2.75) is 20.0 Å². The van der Waals surface area contributed by atoms with Crippen molar-refractivity contribution >= 4 is 11.6 Å². The molecule has 2 rings (SSSR count). The average Bonchev–Trinajstić information content (AvgIpc) is 2.78. The van der Waals surface area contributed by atoms with Crippen LogP contribution in [0.1, 0.15) is 17.1 Å². The minimum Gasteiger partial charge on any atom is -0.320 e. The average molecular weight is 255 g/mol. The molecule has 0 atom stereocenters. The van der Waals surface area contributed by atoms with Crippen LogP contribution in [0.5, 0.6) is 0 Å². The second kappa shape index (κ2) is 4.85. The fourth-order valence-electron chi connectivity index (χ4n) is 1.64. The Hall–Kier alpha value is -1.40. The zero-order valence-electron chi connectivity index (χ0n) is 10.1. The van der Waals surface area contributed by atoms with E-state index in [9.17, 15) is 0 Å². The van der Waals surface area contributed by atoms with E-state index in [1.54, 1.807) is 11.0 Å². The highest BCUT2D eigenvalue weighted by Crippen LogP contribution is 2.18. The van der Waals surface area contributed by atoms with Gasteiger partial charge in [-0.25, -0.2) is 0 Å². The summed E-state index contributed by atoms with van der Waals surface area (Å²) in [6, 6.07) is 0. The van der Waals surface area contributed by atoms with Crippen LogP contribution in [0.3, 0.4) is 0 Å². The van der Waals surface area contributed by atoms with Gasteiger partial charge in [-0.05, 0) is 6.92 Å². The third-order valence-corrected chi connectivity index (χ3v) is 3.13. The summed E-state index contributed by atoms with van der Waals surface area (Å²) in [5.74, 6) is 0.891. The van der Waals surface area contributed by atoms with Crippen molar-refractivity contribution < 1.29 is 0 Å². The predicted octanol–water partition coefficient (Wildman–Crippen LogP) is 0.800. The molecule has 1 N–H and O–H groups in total. The Kier molecular flexibility index (Phi) is 3.44. The predicted molar refractivity (Wildman–Crippen MR) is 64.5 cm³/mol. The van der Waals surface area contributed by atoms with E-state index in [4.69, 9.17) is 11.6 Å². The number of hydrogen-bond donors (Lipinski definition) is 1. The zero-order chi connectivity index (χ0) is 12.4. The largest absolute Gasteiger partial charge is 0.320 e. The summed E-state index contributed by atoms with van der Waals surface area (Å²) >= 11 is 6.13. The Balaban J connectivity index is 1.97. The van der Waals surface area contributed by atoms with Crippen LogP contribution in [-0.2, 0) is 27.2 Å². The van der Waals surface area contributed by atoms with Crippen molar-refractivity contribution in [1.82, 2.24) is 29.9 Å². The fourth-order valence-corrected chi connectivity index (χ4v) is 1.88. The Bertz CT molecular complexity index is 515. The molecule has 0 amide bonds. The number of nitrogens with one attached hydrogen (secondary N) is 1. The highest BCUT2D eigenvalue weighted by atomic mass is 35.5. The summed E-state index contributed by atoms with van der Waals surface area (Å²) in [6.07, 6.45) is 1.68. The molecule has 0 aliphatic carbocycles.